The Morgan fingerprint density at radius 1 is 1.00 bits per heavy atom. The lowest BCUT2D eigenvalue weighted by atomic mass is 9.70. The summed E-state index contributed by atoms with van der Waals surface area (Å²) in [7, 11) is 0. The van der Waals surface area contributed by atoms with Gasteiger partial charge in [0, 0.05) is 17.9 Å². The lowest BCUT2D eigenvalue weighted by Gasteiger charge is -2.33. The molecule has 38 heavy (non-hydrogen) atoms. The molecule has 2 aromatic carbocycles. The molecular weight excluding hydrogens is 468 g/mol. The summed E-state index contributed by atoms with van der Waals surface area (Å²) in [6.45, 7) is 14.5. The highest BCUT2D eigenvalue weighted by molar-refractivity contribution is 6.01. The van der Waals surface area contributed by atoms with Crippen LogP contribution in [0.25, 0.3) is 0 Å². The number of ketones is 3. The molecule has 0 aliphatic heterocycles. The van der Waals surface area contributed by atoms with Gasteiger partial charge in [-0.3, -0.25) is 14.4 Å². The van der Waals surface area contributed by atoms with Gasteiger partial charge in [0.15, 0.2) is 5.78 Å². The normalized spacial score (nSPS) is 16.8. The maximum absolute atomic E-state index is 13.7. The summed E-state index contributed by atoms with van der Waals surface area (Å²) < 4.78 is 0. The van der Waals surface area contributed by atoms with Crippen LogP contribution in [-0.2, 0) is 28.9 Å². The van der Waals surface area contributed by atoms with Gasteiger partial charge in [0.1, 0.15) is 11.6 Å². The van der Waals surface area contributed by atoms with Gasteiger partial charge in [-0.15, -0.1) is 0 Å². The zero-order valence-electron chi connectivity index (χ0n) is 24.8. The number of benzene rings is 2. The van der Waals surface area contributed by atoms with E-state index in [1.165, 1.54) is 34.7 Å². The predicted molar refractivity (Wildman–Crippen MR) is 157 cm³/mol. The van der Waals surface area contributed by atoms with Crippen LogP contribution in [0.5, 0.6) is 0 Å². The largest absolute Gasteiger partial charge is 0.300 e. The van der Waals surface area contributed by atoms with Gasteiger partial charge in [0.2, 0.25) is 0 Å². The van der Waals surface area contributed by atoms with Crippen LogP contribution in [-0.4, -0.2) is 17.3 Å². The number of hydrogen-bond donors (Lipinski definition) is 0. The van der Waals surface area contributed by atoms with E-state index in [-0.39, 0.29) is 41.5 Å². The van der Waals surface area contributed by atoms with Crippen molar-refractivity contribution in [3.63, 3.8) is 0 Å². The Morgan fingerprint density at radius 3 is 2.29 bits per heavy atom. The van der Waals surface area contributed by atoms with Gasteiger partial charge in [0.05, 0.1) is 6.42 Å². The molecule has 0 bridgehead atoms. The molecule has 0 spiro atoms. The van der Waals surface area contributed by atoms with E-state index in [4.69, 9.17) is 0 Å². The fourth-order valence-electron chi connectivity index (χ4n) is 6.82. The van der Waals surface area contributed by atoms with Crippen molar-refractivity contribution in [3.8, 4) is 0 Å². The molecule has 0 radical (unpaired) electrons. The average Bonchev–Trinajstić information content (AvgIpc) is 2.84. The van der Waals surface area contributed by atoms with E-state index in [1.807, 2.05) is 0 Å². The Hall–Kier alpha value is -2.55. The van der Waals surface area contributed by atoms with Crippen LogP contribution in [0.2, 0.25) is 0 Å². The summed E-state index contributed by atoms with van der Waals surface area (Å²) in [5.41, 5.74) is 8.68. The molecule has 0 heterocycles. The molecule has 0 saturated carbocycles. The van der Waals surface area contributed by atoms with E-state index in [0.717, 1.165) is 56.1 Å². The summed E-state index contributed by atoms with van der Waals surface area (Å²) in [6.07, 6.45) is 7.03. The van der Waals surface area contributed by atoms with E-state index < -0.39 is 0 Å². The number of hydrogen-bond acceptors (Lipinski definition) is 3. The molecular formula is C35H48O3. The highest BCUT2D eigenvalue weighted by atomic mass is 16.1. The van der Waals surface area contributed by atoms with E-state index in [9.17, 15) is 14.4 Å². The number of carbonyl (C=O) groups is 3. The van der Waals surface area contributed by atoms with E-state index >= 15 is 0 Å². The highest BCUT2D eigenvalue weighted by Crippen LogP contribution is 2.40. The van der Waals surface area contributed by atoms with Crippen molar-refractivity contribution in [3.05, 3.63) is 69.3 Å². The van der Waals surface area contributed by atoms with Crippen molar-refractivity contribution >= 4 is 17.3 Å². The van der Waals surface area contributed by atoms with Crippen molar-refractivity contribution < 1.29 is 14.4 Å². The predicted octanol–water partition coefficient (Wildman–Crippen LogP) is 8.34. The third-order valence-electron chi connectivity index (χ3n) is 8.77. The molecule has 1 aliphatic carbocycles. The van der Waals surface area contributed by atoms with Gasteiger partial charge in [-0.25, -0.2) is 0 Å². The fourth-order valence-corrected chi connectivity index (χ4v) is 6.82. The molecule has 0 aromatic heterocycles. The summed E-state index contributed by atoms with van der Waals surface area (Å²) in [6, 6.07) is 10.9. The topological polar surface area (TPSA) is 51.2 Å². The minimum absolute atomic E-state index is 0.0348. The summed E-state index contributed by atoms with van der Waals surface area (Å²) in [5, 5.41) is 0. The number of aryl methyl sites for hydroxylation is 3. The first-order valence-electron chi connectivity index (χ1n) is 14.8. The summed E-state index contributed by atoms with van der Waals surface area (Å²) >= 11 is 0. The molecule has 1 aliphatic rings. The van der Waals surface area contributed by atoms with E-state index in [2.05, 4.69) is 71.9 Å². The van der Waals surface area contributed by atoms with Crippen LogP contribution in [0.3, 0.4) is 0 Å². The van der Waals surface area contributed by atoms with Crippen LogP contribution in [0, 0.1) is 31.6 Å². The van der Waals surface area contributed by atoms with Crippen LogP contribution < -0.4 is 0 Å². The smallest absolute Gasteiger partial charge is 0.163 e. The Balaban J connectivity index is 1.89. The molecule has 3 heteroatoms. The molecule has 3 rings (SSSR count). The zero-order chi connectivity index (χ0) is 28.0. The van der Waals surface area contributed by atoms with E-state index in [0.29, 0.717) is 12.3 Å². The fraction of sp³-hybridized carbons (Fsp3) is 0.571. The van der Waals surface area contributed by atoms with Gasteiger partial charge < -0.3 is 0 Å². The first-order chi connectivity index (χ1) is 18.1. The SMILES string of the molecule is CCCC(CC1CC(=O)c2c(C)c(CCc3ccccc3C)cc(C(C)C)c2C1)C(CC)C(=O)CC(C)=O. The van der Waals surface area contributed by atoms with E-state index in [1.54, 1.807) is 0 Å². The lowest BCUT2D eigenvalue weighted by Crippen LogP contribution is -2.30. The second-order valence-electron chi connectivity index (χ2n) is 12.0. The molecule has 0 amide bonds. The monoisotopic (exact) mass is 516 g/mol. The summed E-state index contributed by atoms with van der Waals surface area (Å²) in [5.74, 6) is 1.03. The maximum Gasteiger partial charge on any atom is 0.163 e. The third-order valence-corrected chi connectivity index (χ3v) is 8.77. The minimum Gasteiger partial charge on any atom is -0.300 e. The van der Waals surface area contributed by atoms with Crippen molar-refractivity contribution in [2.75, 3.05) is 0 Å². The highest BCUT2D eigenvalue weighted by Gasteiger charge is 2.34. The number of Topliss-reactive ketones (excluding diaryl/α,β-unsaturated/α-hetero) is 3. The number of fused-ring (bicyclic) bond motifs is 1. The Kier molecular flexibility index (Phi) is 10.7. The number of rotatable bonds is 13. The summed E-state index contributed by atoms with van der Waals surface area (Å²) in [4.78, 5) is 38.3. The number of carbonyl (C=O) groups excluding carboxylic acids is 3. The van der Waals surface area contributed by atoms with Crippen LogP contribution in [0.4, 0.5) is 0 Å². The maximum atomic E-state index is 13.7. The van der Waals surface area contributed by atoms with Crippen molar-refractivity contribution in [2.24, 2.45) is 17.8 Å². The quantitative estimate of drug-likeness (QED) is 0.251. The molecule has 0 saturated heterocycles. The third kappa shape index (κ3) is 7.10. The van der Waals surface area contributed by atoms with Gasteiger partial charge in [-0.1, -0.05) is 70.9 Å². The Labute approximate surface area is 230 Å². The van der Waals surface area contributed by atoms with Gasteiger partial charge in [0.25, 0.3) is 0 Å². The molecule has 3 unspecified atom stereocenters. The van der Waals surface area contributed by atoms with Crippen LogP contribution >= 0.6 is 0 Å². The van der Waals surface area contributed by atoms with Gasteiger partial charge in [-0.05, 0) is 104 Å². The first kappa shape index (κ1) is 30.0. The Bertz CT molecular complexity index is 1160. The van der Waals surface area contributed by atoms with Gasteiger partial charge in [-0.2, -0.15) is 0 Å². The standard InChI is InChI=1S/C35H48O3/c1-8-12-29(30(9-2)33(37)17-24(6)36)18-26-19-32-31(22(3)4)21-28(25(7)35(32)34(38)20-26)16-15-27-14-11-10-13-23(27)5/h10-11,13-14,21-22,26,29-30H,8-9,12,15-20H2,1-7H3. The molecule has 206 valence electrons. The van der Waals surface area contributed by atoms with Gasteiger partial charge >= 0.3 is 0 Å². The Morgan fingerprint density at radius 2 is 1.68 bits per heavy atom. The van der Waals surface area contributed by atoms with Crippen molar-refractivity contribution in [2.45, 2.75) is 112 Å². The van der Waals surface area contributed by atoms with Crippen molar-refractivity contribution in [1.82, 2.24) is 0 Å². The molecule has 3 atom stereocenters. The first-order valence-corrected chi connectivity index (χ1v) is 14.8. The second-order valence-corrected chi connectivity index (χ2v) is 12.0. The second kappa shape index (κ2) is 13.5. The zero-order valence-corrected chi connectivity index (χ0v) is 24.8. The molecule has 3 nitrogen and oxygen atoms in total. The lowest BCUT2D eigenvalue weighted by molar-refractivity contribution is -0.129. The average molecular weight is 517 g/mol. The van der Waals surface area contributed by atoms with Crippen LogP contribution in [0.15, 0.2) is 30.3 Å². The van der Waals surface area contributed by atoms with Crippen molar-refractivity contribution in [1.29, 1.82) is 0 Å². The molecule has 0 fully saturated rings. The van der Waals surface area contributed by atoms with Crippen LogP contribution in [0.1, 0.15) is 123 Å². The minimum atomic E-state index is -0.0922. The molecule has 2 aromatic rings. The molecule has 0 N–H and O–H groups in total.